The van der Waals surface area contributed by atoms with Crippen LogP contribution in [0.2, 0.25) is 0 Å². The summed E-state index contributed by atoms with van der Waals surface area (Å²) >= 11 is 0. The Morgan fingerprint density at radius 2 is 1.76 bits per heavy atom. The Labute approximate surface area is 106 Å². The number of rotatable bonds is 2. The summed E-state index contributed by atoms with van der Waals surface area (Å²) in [6, 6.07) is 0.618. The molecule has 0 aliphatic carbocycles. The van der Waals surface area contributed by atoms with Crippen molar-refractivity contribution >= 4 is 0 Å². The molecule has 2 fully saturated rings. The van der Waals surface area contributed by atoms with Gasteiger partial charge in [0.05, 0.1) is 0 Å². The summed E-state index contributed by atoms with van der Waals surface area (Å²) in [6.07, 6.45) is 3.84. The lowest BCUT2D eigenvalue weighted by Gasteiger charge is -2.52. The quantitative estimate of drug-likeness (QED) is 0.791. The SMILES string of the molecule is CC(C)N1CCC2(CCN(C)CC2)[C@H](CO)C1. The molecule has 2 aliphatic heterocycles. The molecule has 3 nitrogen and oxygen atoms in total. The molecule has 0 saturated carbocycles. The summed E-state index contributed by atoms with van der Waals surface area (Å²) < 4.78 is 0. The summed E-state index contributed by atoms with van der Waals surface area (Å²) in [5.41, 5.74) is 0.437. The predicted octanol–water partition coefficient (Wildman–Crippen LogP) is 1.42. The maximum atomic E-state index is 9.73. The lowest BCUT2D eigenvalue weighted by atomic mass is 9.64. The molecule has 1 atom stereocenters. The minimum atomic E-state index is 0.368. The molecule has 0 radical (unpaired) electrons. The molecule has 1 N–H and O–H groups in total. The van der Waals surface area contributed by atoms with Gasteiger partial charge in [-0.05, 0) is 65.2 Å². The first kappa shape index (κ1) is 13.3. The average molecular weight is 240 g/mol. The van der Waals surface area contributed by atoms with Crippen LogP contribution in [0.15, 0.2) is 0 Å². The number of aliphatic hydroxyl groups excluding tert-OH is 1. The monoisotopic (exact) mass is 240 g/mol. The van der Waals surface area contributed by atoms with E-state index in [9.17, 15) is 5.11 Å². The molecule has 0 unspecified atom stereocenters. The van der Waals surface area contributed by atoms with Gasteiger partial charge in [-0.1, -0.05) is 0 Å². The van der Waals surface area contributed by atoms with Crippen LogP contribution in [0.25, 0.3) is 0 Å². The van der Waals surface area contributed by atoms with E-state index in [1.807, 2.05) is 0 Å². The second-order valence-corrected chi connectivity index (χ2v) is 6.38. The highest BCUT2D eigenvalue weighted by Crippen LogP contribution is 2.45. The zero-order valence-electron chi connectivity index (χ0n) is 11.7. The van der Waals surface area contributed by atoms with Crippen LogP contribution >= 0.6 is 0 Å². The average Bonchev–Trinajstić information content (AvgIpc) is 2.33. The molecule has 0 aromatic carbocycles. The summed E-state index contributed by atoms with van der Waals surface area (Å²) in [5.74, 6) is 0.493. The van der Waals surface area contributed by atoms with E-state index in [0.29, 0.717) is 24.0 Å². The fraction of sp³-hybridized carbons (Fsp3) is 1.00. The maximum absolute atomic E-state index is 9.73. The first-order chi connectivity index (χ1) is 8.07. The van der Waals surface area contributed by atoms with Crippen LogP contribution in [0, 0.1) is 11.3 Å². The minimum Gasteiger partial charge on any atom is -0.396 e. The van der Waals surface area contributed by atoms with E-state index >= 15 is 0 Å². The summed E-state index contributed by atoms with van der Waals surface area (Å²) in [6.45, 7) is 9.63. The predicted molar refractivity (Wildman–Crippen MR) is 71.1 cm³/mol. The molecule has 0 aromatic heterocycles. The van der Waals surface area contributed by atoms with Gasteiger partial charge in [0, 0.05) is 25.1 Å². The standard InChI is InChI=1S/C14H28N2O/c1-12(2)16-9-6-14(13(10-16)11-17)4-7-15(3)8-5-14/h12-13,17H,4-11H2,1-3H3/t13-/m0/s1. The van der Waals surface area contributed by atoms with Crippen molar-refractivity contribution in [1.29, 1.82) is 0 Å². The van der Waals surface area contributed by atoms with Gasteiger partial charge in [-0.25, -0.2) is 0 Å². The van der Waals surface area contributed by atoms with Gasteiger partial charge in [-0.15, -0.1) is 0 Å². The molecule has 1 spiro atoms. The van der Waals surface area contributed by atoms with Crippen molar-refractivity contribution in [2.75, 3.05) is 39.8 Å². The zero-order valence-corrected chi connectivity index (χ0v) is 11.7. The molecule has 0 aromatic rings. The molecule has 2 aliphatic rings. The molecule has 17 heavy (non-hydrogen) atoms. The van der Waals surface area contributed by atoms with Crippen LogP contribution in [0.1, 0.15) is 33.1 Å². The van der Waals surface area contributed by atoms with Gasteiger partial charge in [-0.3, -0.25) is 0 Å². The van der Waals surface area contributed by atoms with Crippen LogP contribution in [0.5, 0.6) is 0 Å². The molecule has 2 saturated heterocycles. The van der Waals surface area contributed by atoms with Crippen LogP contribution in [-0.4, -0.2) is 60.8 Å². The Kier molecular flexibility index (Phi) is 4.11. The largest absolute Gasteiger partial charge is 0.396 e. The second-order valence-electron chi connectivity index (χ2n) is 6.38. The van der Waals surface area contributed by atoms with Crippen LogP contribution in [-0.2, 0) is 0 Å². The highest BCUT2D eigenvalue weighted by molar-refractivity contribution is 4.96. The smallest absolute Gasteiger partial charge is 0.0476 e. The fourth-order valence-corrected chi connectivity index (χ4v) is 3.58. The van der Waals surface area contributed by atoms with Crippen molar-refractivity contribution < 1.29 is 5.11 Å². The summed E-state index contributed by atoms with van der Waals surface area (Å²) in [4.78, 5) is 4.96. The zero-order chi connectivity index (χ0) is 12.5. The van der Waals surface area contributed by atoms with Gasteiger partial charge in [0.25, 0.3) is 0 Å². The van der Waals surface area contributed by atoms with E-state index in [0.717, 1.165) is 6.54 Å². The van der Waals surface area contributed by atoms with Crippen LogP contribution in [0.4, 0.5) is 0 Å². The number of aliphatic hydroxyl groups is 1. The third-order valence-corrected chi connectivity index (χ3v) is 5.15. The Morgan fingerprint density at radius 1 is 1.18 bits per heavy atom. The molecular weight excluding hydrogens is 212 g/mol. The highest BCUT2D eigenvalue weighted by atomic mass is 16.3. The second kappa shape index (κ2) is 5.25. The number of hydrogen-bond donors (Lipinski definition) is 1. The number of hydrogen-bond acceptors (Lipinski definition) is 3. The van der Waals surface area contributed by atoms with Crippen molar-refractivity contribution in [2.24, 2.45) is 11.3 Å². The van der Waals surface area contributed by atoms with Crippen LogP contribution in [0.3, 0.4) is 0 Å². The number of nitrogens with zero attached hydrogens (tertiary/aromatic N) is 2. The highest BCUT2D eigenvalue weighted by Gasteiger charge is 2.44. The van der Waals surface area contributed by atoms with Crippen molar-refractivity contribution in [1.82, 2.24) is 9.80 Å². The fourth-order valence-electron chi connectivity index (χ4n) is 3.58. The summed E-state index contributed by atoms with van der Waals surface area (Å²) in [7, 11) is 2.21. The molecule has 3 heteroatoms. The molecule has 100 valence electrons. The first-order valence-electron chi connectivity index (χ1n) is 7.11. The van der Waals surface area contributed by atoms with E-state index in [1.54, 1.807) is 0 Å². The first-order valence-corrected chi connectivity index (χ1v) is 7.11. The van der Waals surface area contributed by atoms with E-state index in [-0.39, 0.29) is 0 Å². The van der Waals surface area contributed by atoms with Crippen molar-refractivity contribution in [3.05, 3.63) is 0 Å². The van der Waals surface area contributed by atoms with E-state index in [4.69, 9.17) is 0 Å². The van der Waals surface area contributed by atoms with E-state index < -0.39 is 0 Å². The van der Waals surface area contributed by atoms with Crippen LogP contribution < -0.4 is 0 Å². The lowest BCUT2D eigenvalue weighted by Crippen LogP contribution is -2.54. The molecule has 0 amide bonds. The van der Waals surface area contributed by atoms with Gasteiger partial charge in [-0.2, -0.15) is 0 Å². The summed E-state index contributed by atoms with van der Waals surface area (Å²) in [5, 5.41) is 9.73. The molecule has 2 heterocycles. The molecule has 2 rings (SSSR count). The molecular formula is C14H28N2O. The maximum Gasteiger partial charge on any atom is 0.0476 e. The lowest BCUT2D eigenvalue weighted by molar-refractivity contribution is -0.0454. The third kappa shape index (κ3) is 2.67. The van der Waals surface area contributed by atoms with Crippen molar-refractivity contribution in [3.8, 4) is 0 Å². The Morgan fingerprint density at radius 3 is 2.29 bits per heavy atom. The number of piperidine rings is 2. The normalized spacial score (nSPS) is 31.2. The van der Waals surface area contributed by atoms with E-state index in [1.165, 1.54) is 38.9 Å². The van der Waals surface area contributed by atoms with Gasteiger partial charge in [0.15, 0.2) is 0 Å². The van der Waals surface area contributed by atoms with Gasteiger partial charge >= 0.3 is 0 Å². The van der Waals surface area contributed by atoms with Crippen molar-refractivity contribution in [2.45, 2.75) is 39.2 Å². The van der Waals surface area contributed by atoms with E-state index in [2.05, 4.69) is 30.7 Å². The van der Waals surface area contributed by atoms with Gasteiger partial charge in [0.2, 0.25) is 0 Å². The Hall–Kier alpha value is -0.120. The number of likely N-dealkylation sites (tertiary alicyclic amines) is 2. The van der Waals surface area contributed by atoms with Crippen molar-refractivity contribution in [3.63, 3.8) is 0 Å². The van der Waals surface area contributed by atoms with Gasteiger partial charge in [0.1, 0.15) is 0 Å². The topological polar surface area (TPSA) is 26.7 Å². The minimum absolute atomic E-state index is 0.368. The Balaban J connectivity index is 2.03. The molecule has 0 bridgehead atoms. The van der Waals surface area contributed by atoms with Gasteiger partial charge < -0.3 is 14.9 Å². The third-order valence-electron chi connectivity index (χ3n) is 5.15. The Bertz CT molecular complexity index is 247.